The summed E-state index contributed by atoms with van der Waals surface area (Å²) in [4.78, 5) is 30.4. The Morgan fingerprint density at radius 1 is 1.03 bits per heavy atom. The predicted octanol–water partition coefficient (Wildman–Crippen LogP) is 5.41. The maximum Gasteiger partial charge on any atom is 0.339 e. The van der Waals surface area contributed by atoms with Gasteiger partial charge in [0.15, 0.2) is 0 Å². The number of carbonyl (C=O) groups excluding carboxylic acids is 2. The molecule has 1 N–H and O–H groups in total. The van der Waals surface area contributed by atoms with Crippen molar-refractivity contribution in [2.45, 2.75) is 31.2 Å². The lowest BCUT2D eigenvalue weighted by molar-refractivity contribution is 0.0600. The first-order chi connectivity index (χ1) is 17.6. The highest BCUT2D eigenvalue weighted by molar-refractivity contribution is 5.88. The van der Waals surface area contributed by atoms with E-state index in [0.717, 1.165) is 24.8 Å². The van der Waals surface area contributed by atoms with Crippen LogP contribution in [-0.2, 0) is 4.74 Å². The minimum atomic E-state index is -0.435. The normalized spacial score (nSPS) is 18.8. The fourth-order valence-corrected chi connectivity index (χ4v) is 4.52. The Bertz CT molecular complexity index is 1250. The average molecular weight is 484 g/mol. The molecule has 2 heterocycles. The van der Waals surface area contributed by atoms with Crippen molar-refractivity contribution in [2.24, 2.45) is 0 Å². The summed E-state index contributed by atoms with van der Waals surface area (Å²) in [5, 5.41) is 3.20. The summed E-state index contributed by atoms with van der Waals surface area (Å²) >= 11 is 0. The number of pyridine rings is 1. The summed E-state index contributed by atoms with van der Waals surface area (Å²) in [6.07, 6.45) is 6.31. The fraction of sp³-hybridized carbons (Fsp3) is 0.276. The number of benzene rings is 2. The molecule has 1 aromatic heterocycles. The number of carbonyl (C=O) groups is 2. The van der Waals surface area contributed by atoms with E-state index in [4.69, 9.17) is 9.47 Å². The van der Waals surface area contributed by atoms with Crippen molar-refractivity contribution in [3.63, 3.8) is 0 Å². The van der Waals surface area contributed by atoms with Crippen LogP contribution in [0.2, 0.25) is 0 Å². The predicted molar refractivity (Wildman–Crippen MR) is 137 cm³/mol. The molecule has 2 fully saturated rings. The first-order valence-electron chi connectivity index (χ1n) is 12.2. The first-order valence-corrected chi connectivity index (χ1v) is 12.2. The molecule has 1 aliphatic carbocycles. The summed E-state index contributed by atoms with van der Waals surface area (Å²) in [6.45, 7) is 1.43. The number of piperidine rings is 1. The zero-order chi connectivity index (χ0) is 24.9. The van der Waals surface area contributed by atoms with Crippen molar-refractivity contribution in [3.8, 4) is 11.6 Å². The third-order valence-electron chi connectivity index (χ3n) is 6.63. The lowest BCUT2D eigenvalue weighted by atomic mass is 10.0. The second kappa shape index (κ2) is 10.6. The van der Waals surface area contributed by atoms with Crippen molar-refractivity contribution in [3.05, 3.63) is 95.2 Å². The summed E-state index contributed by atoms with van der Waals surface area (Å²) in [6, 6.07) is 21.7. The van der Waals surface area contributed by atoms with Crippen LogP contribution < -0.4 is 10.1 Å². The molecular formula is C29H29N3O4. The van der Waals surface area contributed by atoms with Gasteiger partial charge in [-0.3, -0.25) is 0 Å². The quantitative estimate of drug-likeness (QED) is 0.475. The smallest absolute Gasteiger partial charge is 0.339 e. The summed E-state index contributed by atoms with van der Waals surface area (Å²) in [5.41, 5.74) is 4.02. The Kier molecular flexibility index (Phi) is 6.98. The molecule has 7 heteroatoms. The maximum atomic E-state index is 12.7. The lowest BCUT2D eigenvalue weighted by Crippen LogP contribution is -2.44. The van der Waals surface area contributed by atoms with Gasteiger partial charge in [0, 0.05) is 37.3 Å². The molecular weight excluding hydrogens is 454 g/mol. The lowest BCUT2D eigenvalue weighted by Gasteiger charge is -2.28. The topological polar surface area (TPSA) is 80.8 Å². The molecule has 2 amide bonds. The van der Waals surface area contributed by atoms with Gasteiger partial charge in [-0.15, -0.1) is 0 Å². The van der Waals surface area contributed by atoms with Gasteiger partial charge in [0.1, 0.15) is 5.75 Å². The molecule has 0 bridgehead atoms. The number of aromatic nitrogens is 1. The number of hydrogen-bond acceptors (Lipinski definition) is 5. The summed E-state index contributed by atoms with van der Waals surface area (Å²) < 4.78 is 10.5. The van der Waals surface area contributed by atoms with Gasteiger partial charge >= 0.3 is 12.0 Å². The molecule has 2 aliphatic rings. The van der Waals surface area contributed by atoms with Gasteiger partial charge in [0.2, 0.25) is 5.88 Å². The van der Waals surface area contributed by atoms with Crippen molar-refractivity contribution in [1.29, 1.82) is 0 Å². The van der Waals surface area contributed by atoms with Gasteiger partial charge < -0.3 is 19.7 Å². The van der Waals surface area contributed by atoms with E-state index in [1.807, 2.05) is 47.4 Å². The SMILES string of the molecule is COC(=O)c1ccc(Oc2cccc(C=C3CCN(C(=O)NC4CC4c4ccccc4)CC3)c2)nc1. The van der Waals surface area contributed by atoms with Crippen LogP contribution in [0.25, 0.3) is 6.08 Å². The van der Waals surface area contributed by atoms with E-state index in [1.54, 1.807) is 12.1 Å². The Morgan fingerprint density at radius 2 is 1.83 bits per heavy atom. The summed E-state index contributed by atoms with van der Waals surface area (Å²) in [7, 11) is 1.33. The van der Waals surface area contributed by atoms with Crippen LogP contribution in [0.1, 0.15) is 46.7 Å². The fourth-order valence-electron chi connectivity index (χ4n) is 4.52. The van der Waals surface area contributed by atoms with Crippen molar-refractivity contribution >= 4 is 18.1 Å². The van der Waals surface area contributed by atoms with Crippen LogP contribution in [-0.4, -0.2) is 48.1 Å². The van der Waals surface area contributed by atoms with E-state index in [-0.39, 0.29) is 12.1 Å². The number of nitrogens with one attached hydrogen (secondary N) is 1. The number of ether oxygens (including phenoxy) is 2. The van der Waals surface area contributed by atoms with Gasteiger partial charge in [0.25, 0.3) is 0 Å². The number of methoxy groups -OCH3 is 1. The molecule has 1 saturated heterocycles. The molecule has 3 aromatic rings. The Morgan fingerprint density at radius 3 is 2.56 bits per heavy atom. The number of esters is 1. The molecule has 2 unspecified atom stereocenters. The molecule has 1 aliphatic heterocycles. The third kappa shape index (κ3) is 5.74. The Balaban J connectivity index is 1.12. The van der Waals surface area contributed by atoms with Gasteiger partial charge in [-0.05, 0) is 48.6 Å². The Labute approximate surface area is 210 Å². The van der Waals surface area contributed by atoms with E-state index < -0.39 is 5.97 Å². The molecule has 0 radical (unpaired) electrons. The number of hydrogen-bond donors (Lipinski definition) is 1. The second-order valence-electron chi connectivity index (χ2n) is 9.15. The van der Waals surface area contributed by atoms with E-state index in [0.29, 0.717) is 36.2 Å². The van der Waals surface area contributed by atoms with Crippen molar-refractivity contribution in [2.75, 3.05) is 20.2 Å². The highest BCUT2D eigenvalue weighted by Gasteiger charge is 2.40. The van der Waals surface area contributed by atoms with E-state index in [2.05, 4.69) is 28.5 Å². The van der Waals surface area contributed by atoms with E-state index in [9.17, 15) is 9.59 Å². The number of amides is 2. The first kappa shape index (κ1) is 23.6. The van der Waals surface area contributed by atoms with Crippen LogP contribution in [0.15, 0.2) is 78.5 Å². The minimum Gasteiger partial charge on any atom is -0.465 e. The molecule has 1 saturated carbocycles. The number of nitrogens with zero attached hydrogens (tertiary/aromatic N) is 2. The molecule has 0 spiro atoms. The van der Waals surface area contributed by atoms with Crippen LogP contribution >= 0.6 is 0 Å². The molecule has 184 valence electrons. The molecule has 2 aromatic carbocycles. The summed E-state index contributed by atoms with van der Waals surface area (Å²) in [5.74, 6) is 1.06. The standard InChI is InChI=1S/C29H29N3O4/c1-35-28(33)23-10-11-27(30-19-23)36-24-9-5-6-21(17-24)16-20-12-14-32(15-13-20)29(34)31-26-18-25(26)22-7-3-2-4-8-22/h2-11,16-17,19,25-26H,12-15,18H2,1H3,(H,31,34). The zero-order valence-corrected chi connectivity index (χ0v) is 20.2. The van der Waals surface area contributed by atoms with E-state index in [1.165, 1.54) is 24.4 Å². The molecule has 36 heavy (non-hydrogen) atoms. The van der Waals surface area contributed by atoms with Gasteiger partial charge in [0.05, 0.1) is 12.7 Å². The van der Waals surface area contributed by atoms with Crippen LogP contribution in [0, 0.1) is 0 Å². The number of urea groups is 1. The second-order valence-corrected chi connectivity index (χ2v) is 9.15. The molecule has 2 atom stereocenters. The Hall–Kier alpha value is -4.13. The molecule has 5 rings (SSSR count). The highest BCUT2D eigenvalue weighted by atomic mass is 16.5. The van der Waals surface area contributed by atoms with E-state index >= 15 is 0 Å². The van der Waals surface area contributed by atoms with Gasteiger partial charge in [-0.2, -0.15) is 0 Å². The van der Waals surface area contributed by atoms with Crippen LogP contribution in [0.3, 0.4) is 0 Å². The molecule has 7 nitrogen and oxygen atoms in total. The van der Waals surface area contributed by atoms with Crippen LogP contribution in [0.5, 0.6) is 11.6 Å². The van der Waals surface area contributed by atoms with Crippen LogP contribution in [0.4, 0.5) is 4.79 Å². The highest BCUT2D eigenvalue weighted by Crippen LogP contribution is 2.40. The minimum absolute atomic E-state index is 0.0404. The van der Waals surface area contributed by atoms with Gasteiger partial charge in [-0.25, -0.2) is 14.6 Å². The van der Waals surface area contributed by atoms with Crippen molar-refractivity contribution in [1.82, 2.24) is 15.2 Å². The van der Waals surface area contributed by atoms with Gasteiger partial charge in [-0.1, -0.05) is 54.1 Å². The third-order valence-corrected chi connectivity index (χ3v) is 6.63. The maximum absolute atomic E-state index is 12.7. The number of likely N-dealkylation sites (tertiary alicyclic amines) is 1. The average Bonchev–Trinajstić information content (AvgIpc) is 3.69. The van der Waals surface area contributed by atoms with Crippen molar-refractivity contribution < 1.29 is 19.1 Å². The largest absolute Gasteiger partial charge is 0.465 e. The number of rotatable bonds is 6. The zero-order valence-electron chi connectivity index (χ0n) is 20.2. The monoisotopic (exact) mass is 483 g/mol.